The van der Waals surface area contributed by atoms with Crippen LogP contribution in [0.2, 0.25) is 0 Å². The van der Waals surface area contributed by atoms with Crippen LogP contribution in [0, 0.1) is 23.3 Å². The molecule has 1 nitrogen and oxygen atoms in total. The quantitative estimate of drug-likeness (QED) is 0.492. The summed E-state index contributed by atoms with van der Waals surface area (Å²) in [7, 11) is 0. The van der Waals surface area contributed by atoms with Gasteiger partial charge in [-0.05, 0) is 6.26 Å². The first-order chi connectivity index (χ1) is 7.07. The van der Waals surface area contributed by atoms with Crippen LogP contribution in [-0.2, 0) is 0 Å². The third-order valence-electron chi connectivity index (χ3n) is 1.72. The van der Waals surface area contributed by atoms with Gasteiger partial charge in [0.05, 0.1) is 0 Å². The van der Waals surface area contributed by atoms with Gasteiger partial charge >= 0.3 is 0 Å². The molecule has 15 heavy (non-hydrogen) atoms. The molecule has 1 aromatic rings. The van der Waals surface area contributed by atoms with E-state index in [2.05, 4.69) is 5.32 Å². The maximum Gasteiger partial charge on any atom is 0.185 e. The number of hydrogen-bond donors (Lipinski definition) is 1. The minimum atomic E-state index is -1.40. The van der Waals surface area contributed by atoms with Crippen LogP contribution in [0.4, 0.5) is 23.2 Å². The molecule has 1 aromatic carbocycles. The molecule has 1 rings (SSSR count). The van der Waals surface area contributed by atoms with Gasteiger partial charge in [0.2, 0.25) is 0 Å². The summed E-state index contributed by atoms with van der Waals surface area (Å²) in [5.74, 6) is -5.01. The maximum absolute atomic E-state index is 13.0. The Balaban J connectivity index is 2.94. The minimum Gasteiger partial charge on any atom is -0.379 e. The molecular formula is C9H9F4NS. The molecule has 0 saturated heterocycles. The number of thioether (sulfide) groups is 1. The molecule has 84 valence electrons. The van der Waals surface area contributed by atoms with E-state index >= 15 is 0 Å². The highest BCUT2D eigenvalue weighted by Crippen LogP contribution is 2.23. The number of halogens is 4. The van der Waals surface area contributed by atoms with E-state index in [1.807, 2.05) is 0 Å². The highest BCUT2D eigenvalue weighted by molar-refractivity contribution is 7.98. The van der Waals surface area contributed by atoms with Gasteiger partial charge in [-0.25, -0.2) is 17.6 Å². The van der Waals surface area contributed by atoms with Crippen LogP contribution in [0.25, 0.3) is 0 Å². The molecule has 0 aromatic heterocycles. The lowest BCUT2D eigenvalue weighted by Crippen LogP contribution is -2.10. The predicted molar refractivity (Wildman–Crippen MR) is 53.1 cm³/mol. The van der Waals surface area contributed by atoms with E-state index in [1.54, 1.807) is 6.26 Å². The van der Waals surface area contributed by atoms with Gasteiger partial charge in [-0.3, -0.25) is 0 Å². The molecule has 0 saturated carbocycles. The molecule has 0 amide bonds. The lowest BCUT2D eigenvalue weighted by Gasteiger charge is -2.08. The molecular weight excluding hydrogens is 230 g/mol. The zero-order valence-electron chi connectivity index (χ0n) is 7.91. The monoisotopic (exact) mass is 239 g/mol. The van der Waals surface area contributed by atoms with Crippen molar-refractivity contribution < 1.29 is 17.6 Å². The zero-order chi connectivity index (χ0) is 11.4. The first-order valence-electron chi connectivity index (χ1n) is 4.13. The Morgan fingerprint density at radius 1 is 1.13 bits per heavy atom. The molecule has 0 aliphatic rings. The predicted octanol–water partition coefficient (Wildman–Crippen LogP) is 3.02. The fraction of sp³-hybridized carbons (Fsp3) is 0.333. The highest BCUT2D eigenvalue weighted by Gasteiger charge is 2.18. The van der Waals surface area contributed by atoms with Gasteiger partial charge in [-0.2, -0.15) is 11.8 Å². The summed E-state index contributed by atoms with van der Waals surface area (Å²) in [6, 6.07) is 0.185. The van der Waals surface area contributed by atoms with Crippen LogP contribution in [-0.4, -0.2) is 18.6 Å². The number of hydrogen-bond acceptors (Lipinski definition) is 2. The van der Waals surface area contributed by atoms with Gasteiger partial charge in [0.25, 0.3) is 0 Å². The molecule has 1 N–H and O–H groups in total. The van der Waals surface area contributed by atoms with Gasteiger partial charge < -0.3 is 5.32 Å². The van der Waals surface area contributed by atoms with Crippen molar-refractivity contribution in [3.8, 4) is 0 Å². The first kappa shape index (κ1) is 12.2. The van der Waals surface area contributed by atoms with Crippen LogP contribution in [0.5, 0.6) is 0 Å². The van der Waals surface area contributed by atoms with Crippen LogP contribution >= 0.6 is 11.8 Å². The summed E-state index contributed by atoms with van der Waals surface area (Å²) in [6.07, 6.45) is 1.81. The van der Waals surface area contributed by atoms with Crippen molar-refractivity contribution in [2.75, 3.05) is 23.9 Å². The maximum atomic E-state index is 13.0. The highest BCUT2D eigenvalue weighted by atomic mass is 32.2. The van der Waals surface area contributed by atoms with Crippen LogP contribution < -0.4 is 5.32 Å². The van der Waals surface area contributed by atoms with Crippen molar-refractivity contribution in [3.05, 3.63) is 29.3 Å². The number of nitrogens with one attached hydrogen (secondary N) is 1. The fourth-order valence-electron chi connectivity index (χ4n) is 1.01. The normalized spacial score (nSPS) is 10.5. The first-order valence-corrected chi connectivity index (χ1v) is 5.53. The molecule has 0 aliphatic heterocycles. The van der Waals surface area contributed by atoms with Gasteiger partial charge in [0.1, 0.15) is 5.69 Å². The van der Waals surface area contributed by atoms with Crippen molar-refractivity contribution in [1.29, 1.82) is 0 Å². The lowest BCUT2D eigenvalue weighted by molar-refractivity contribution is 0.458. The molecule has 0 bridgehead atoms. The molecule has 0 aliphatic carbocycles. The summed E-state index contributed by atoms with van der Waals surface area (Å²) < 4.78 is 51.4. The zero-order valence-corrected chi connectivity index (χ0v) is 8.73. The Morgan fingerprint density at radius 3 is 2.13 bits per heavy atom. The van der Waals surface area contributed by atoms with E-state index in [0.717, 1.165) is 0 Å². The second-order valence-corrected chi connectivity index (χ2v) is 3.75. The minimum absolute atomic E-state index is 0.185. The topological polar surface area (TPSA) is 12.0 Å². The van der Waals surface area contributed by atoms with E-state index in [9.17, 15) is 17.6 Å². The van der Waals surface area contributed by atoms with Crippen LogP contribution in [0.1, 0.15) is 0 Å². The molecule has 6 heteroatoms. The SMILES string of the molecule is CSCCNc1c(F)c(F)cc(F)c1F. The Labute approximate surface area is 88.9 Å². The number of benzene rings is 1. The van der Waals surface area contributed by atoms with Crippen LogP contribution in [0.15, 0.2) is 6.07 Å². The van der Waals surface area contributed by atoms with E-state index in [-0.39, 0.29) is 12.6 Å². The van der Waals surface area contributed by atoms with Gasteiger partial charge in [-0.1, -0.05) is 0 Å². The summed E-state index contributed by atoms with van der Waals surface area (Å²) in [5, 5.41) is 2.31. The summed E-state index contributed by atoms with van der Waals surface area (Å²) >= 11 is 1.45. The van der Waals surface area contributed by atoms with E-state index in [4.69, 9.17) is 0 Å². The second kappa shape index (κ2) is 5.25. The lowest BCUT2D eigenvalue weighted by atomic mass is 10.2. The van der Waals surface area contributed by atoms with Crippen molar-refractivity contribution in [1.82, 2.24) is 0 Å². The largest absolute Gasteiger partial charge is 0.379 e. The Morgan fingerprint density at radius 2 is 1.67 bits per heavy atom. The van der Waals surface area contributed by atoms with Crippen molar-refractivity contribution in [3.63, 3.8) is 0 Å². The molecule has 0 atom stereocenters. The molecule has 0 spiro atoms. The van der Waals surface area contributed by atoms with Crippen molar-refractivity contribution in [2.24, 2.45) is 0 Å². The molecule has 0 fully saturated rings. The molecule has 0 radical (unpaired) electrons. The summed E-state index contributed by atoms with van der Waals surface area (Å²) in [4.78, 5) is 0. The third kappa shape index (κ3) is 2.77. The van der Waals surface area contributed by atoms with Gasteiger partial charge in [0, 0.05) is 18.4 Å². The van der Waals surface area contributed by atoms with Gasteiger partial charge in [-0.15, -0.1) is 0 Å². The number of rotatable bonds is 4. The smallest absolute Gasteiger partial charge is 0.185 e. The van der Waals surface area contributed by atoms with Crippen molar-refractivity contribution >= 4 is 17.4 Å². The Kier molecular flexibility index (Phi) is 4.26. The van der Waals surface area contributed by atoms with E-state index in [0.29, 0.717) is 5.75 Å². The van der Waals surface area contributed by atoms with Crippen LogP contribution in [0.3, 0.4) is 0 Å². The average Bonchev–Trinajstić information content (AvgIpc) is 2.20. The van der Waals surface area contributed by atoms with Gasteiger partial charge in [0.15, 0.2) is 23.3 Å². The third-order valence-corrected chi connectivity index (χ3v) is 2.33. The summed E-state index contributed by atoms with van der Waals surface area (Å²) in [6.45, 7) is 0.234. The Hall–Kier alpha value is -0.910. The molecule has 0 heterocycles. The average molecular weight is 239 g/mol. The van der Waals surface area contributed by atoms with E-state index < -0.39 is 29.0 Å². The summed E-state index contributed by atoms with van der Waals surface area (Å²) in [5.41, 5.74) is -0.749. The fourth-order valence-corrected chi connectivity index (χ4v) is 1.31. The number of anilines is 1. The second-order valence-electron chi connectivity index (χ2n) is 2.76. The Bertz CT molecular complexity index is 330. The van der Waals surface area contributed by atoms with Crippen molar-refractivity contribution in [2.45, 2.75) is 0 Å². The standard InChI is InChI=1S/C9H9F4NS/c1-15-3-2-14-9-7(12)5(10)4-6(11)8(9)13/h4,14H,2-3H2,1H3. The van der Waals surface area contributed by atoms with E-state index in [1.165, 1.54) is 11.8 Å². The molecule has 0 unspecified atom stereocenters.